The van der Waals surface area contributed by atoms with Crippen LogP contribution in [0.25, 0.3) is 10.2 Å². The molecular formula is C21H24N4O3S. The molecule has 0 spiro atoms. The number of para-hydroxylation sites is 2. The number of hydrogen-bond acceptors (Lipinski definition) is 5. The molecule has 4 rings (SSSR count). The van der Waals surface area contributed by atoms with E-state index in [9.17, 15) is 9.59 Å². The van der Waals surface area contributed by atoms with Crippen LogP contribution in [-0.2, 0) is 11.8 Å². The second-order valence-electron chi connectivity index (χ2n) is 6.98. The number of aryl methyl sites for hydroxylation is 1. The van der Waals surface area contributed by atoms with E-state index in [1.54, 1.807) is 23.3 Å². The maximum Gasteiger partial charge on any atom is 0.268 e. The van der Waals surface area contributed by atoms with E-state index in [1.807, 2.05) is 53.4 Å². The van der Waals surface area contributed by atoms with Crippen molar-refractivity contribution < 1.29 is 14.3 Å². The smallest absolute Gasteiger partial charge is 0.268 e. The first-order chi connectivity index (χ1) is 14.1. The number of piperazine rings is 1. The molecule has 1 N–H and O–H groups in total. The highest BCUT2D eigenvalue weighted by molar-refractivity contribution is 7.17. The summed E-state index contributed by atoms with van der Waals surface area (Å²) in [6, 6.07) is 11.8. The van der Waals surface area contributed by atoms with Gasteiger partial charge >= 0.3 is 0 Å². The number of thiophene rings is 1. The van der Waals surface area contributed by atoms with Gasteiger partial charge in [0, 0.05) is 33.2 Å². The molecule has 0 atom stereocenters. The fourth-order valence-corrected chi connectivity index (χ4v) is 4.56. The standard InChI is InChI=1S/C21H24N4O3S/c1-23-16-7-12-29-19(16)13-17(23)21(27)22-14-20(26)25-10-8-24(9-11-25)15-5-3-4-6-18(15)28-2/h3-7,12-13H,8-11,14H2,1-2H3,(H,22,27). The number of ether oxygens (including phenoxy) is 1. The average molecular weight is 413 g/mol. The summed E-state index contributed by atoms with van der Waals surface area (Å²) >= 11 is 1.60. The van der Waals surface area contributed by atoms with E-state index in [-0.39, 0.29) is 18.4 Å². The van der Waals surface area contributed by atoms with Crippen molar-refractivity contribution in [3.8, 4) is 5.75 Å². The largest absolute Gasteiger partial charge is 0.495 e. The summed E-state index contributed by atoms with van der Waals surface area (Å²) in [5.74, 6) is 0.549. The number of fused-ring (bicyclic) bond motifs is 1. The number of benzene rings is 1. The molecule has 0 aliphatic carbocycles. The molecule has 0 unspecified atom stereocenters. The zero-order chi connectivity index (χ0) is 20.4. The molecule has 8 heteroatoms. The Bertz CT molecular complexity index is 1030. The molecule has 0 radical (unpaired) electrons. The Morgan fingerprint density at radius 3 is 2.62 bits per heavy atom. The summed E-state index contributed by atoms with van der Waals surface area (Å²) < 4.78 is 8.36. The summed E-state index contributed by atoms with van der Waals surface area (Å²) in [4.78, 5) is 29.1. The number of methoxy groups -OCH3 is 1. The third-order valence-corrected chi connectivity index (χ3v) is 6.21. The van der Waals surface area contributed by atoms with Crippen molar-refractivity contribution in [3.63, 3.8) is 0 Å². The van der Waals surface area contributed by atoms with Gasteiger partial charge in [0.2, 0.25) is 5.91 Å². The van der Waals surface area contributed by atoms with Gasteiger partial charge in [0.05, 0.1) is 29.6 Å². The molecule has 1 aliphatic heterocycles. The Hall–Kier alpha value is -3.00. The maximum atomic E-state index is 12.6. The minimum atomic E-state index is -0.225. The van der Waals surface area contributed by atoms with Crippen molar-refractivity contribution in [1.29, 1.82) is 0 Å². The van der Waals surface area contributed by atoms with Gasteiger partial charge in [-0.1, -0.05) is 12.1 Å². The molecule has 1 saturated heterocycles. The van der Waals surface area contributed by atoms with E-state index in [4.69, 9.17) is 4.74 Å². The van der Waals surface area contributed by atoms with Gasteiger partial charge in [-0.15, -0.1) is 11.3 Å². The fourth-order valence-electron chi connectivity index (χ4n) is 3.71. The van der Waals surface area contributed by atoms with Gasteiger partial charge < -0.3 is 24.4 Å². The predicted octanol–water partition coefficient (Wildman–Crippen LogP) is 2.33. The first-order valence-corrected chi connectivity index (χ1v) is 10.4. The van der Waals surface area contributed by atoms with E-state index in [1.165, 1.54) is 0 Å². The molecule has 7 nitrogen and oxygen atoms in total. The molecule has 3 heterocycles. The first kappa shape index (κ1) is 19.3. The van der Waals surface area contributed by atoms with Crippen molar-refractivity contribution in [1.82, 2.24) is 14.8 Å². The SMILES string of the molecule is COc1ccccc1N1CCN(C(=O)CNC(=O)c2cc3sccc3n2C)CC1. The van der Waals surface area contributed by atoms with Gasteiger partial charge in [-0.3, -0.25) is 9.59 Å². The normalized spacial score (nSPS) is 14.3. The molecule has 2 aromatic heterocycles. The van der Waals surface area contributed by atoms with E-state index in [2.05, 4.69) is 10.2 Å². The number of rotatable bonds is 5. The Morgan fingerprint density at radius 1 is 1.14 bits per heavy atom. The summed E-state index contributed by atoms with van der Waals surface area (Å²) in [7, 11) is 3.53. The number of carbonyl (C=O) groups is 2. The topological polar surface area (TPSA) is 66.8 Å². The Labute approximate surface area is 173 Å². The van der Waals surface area contributed by atoms with Crippen LogP contribution in [-0.4, -0.2) is 61.1 Å². The molecule has 1 aliphatic rings. The van der Waals surface area contributed by atoms with Gasteiger partial charge in [0.25, 0.3) is 5.91 Å². The first-order valence-electron chi connectivity index (χ1n) is 9.55. The molecule has 152 valence electrons. The Kier molecular flexibility index (Phi) is 5.44. The van der Waals surface area contributed by atoms with Crippen LogP contribution < -0.4 is 15.0 Å². The number of anilines is 1. The quantitative estimate of drug-likeness (QED) is 0.699. The molecule has 0 saturated carbocycles. The summed E-state index contributed by atoms with van der Waals surface area (Å²) in [5.41, 5.74) is 2.64. The number of nitrogens with zero attached hydrogens (tertiary/aromatic N) is 3. The second kappa shape index (κ2) is 8.16. The number of carbonyl (C=O) groups excluding carboxylic acids is 2. The van der Waals surface area contributed by atoms with Crippen LogP contribution in [0.3, 0.4) is 0 Å². The molecule has 0 bridgehead atoms. The van der Waals surface area contributed by atoms with Crippen LogP contribution in [0, 0.1) is 0 Å². The minimum absolute atomic E-state index is 0.00627. The van der Waals surface area contributed by atoms with Crippen LogP contribution in [0.4, 0.5) is 5.69 Å². The van der Waals surface area contributed by atoms with Gasteiger partial charge in [-0.25, -0.2) is 0 Å². The number of aromatic nitrogens is 1. The van der Waals surface area contributed by atoms with Gasteiger partial charge in [0.1, 0.15) is 11.4 Å². The van der Waals surface area contributed by atoms with E-state index < -0.39 is 0 Å². The zero-order valence-electron chi connectivity index (χ0n) is 16.6. The van der Waals surface area contributed by atoms with E-state index in [0.717, 1.165) is 34.7 Å². The molecule has 29 heavy (non-hydrogen) atoms. The number of amides is 2. The minimum Gasteiger partial charge on any atom is -0.495 e. The van der Waals surface area contributed by atoms with Crippen molar-refractivity contribution in [3.05, 3.63) is 47.5 Å². The monoisotopic (exact) mass is 412 g/mol. The highest BCUT2D eigenvalue weighted by Crippen LogP contribution is 2.28. The summed E-state index contributed by atoms with van der Waals surface area (Å²) in [6.07, 6.45) is 0. The Balaban J connectivity index is 1.31. The van der Waals surface area contributed by atoms with Crippen molar-refractivity contribution in [2.24, 2.45) is 7.05 Å². The van der Waals surface area contributed by atoms with Crippen LogP contribution in [0.5, 0.6) is 5.75 Å². The highest BCUT2D eigenvalue weighted by atomic mass is 32.1. The van der Waals surface area contributed by atoms with E-state index >= 15 is 0 Å². The van der Waals surface area contributed by atoms with Gasteiger partial charge in [-0.2, -0.15) is 0 Å². The summed E-state index contributed by atoms with van der Waals surface area (Å²) in [6.45, 7) is 2.70. The molecule has 2 amide bonds. The Morgan fingerprint density at radius 2 is 1.90 bits per heavy atom. The van der Waals surface area contributed by atoms with Crippen molar-refractivity contribution in [2.75, 3.05) is 44.7 Å². The maximum absolute atomic E-state index is 12.6. The van der Waals surface area contributed by atoms with Gasteiger partial charge in [-0.05, 0) is 29.6 Å². The molecule has 1 aromatic carbocycles. The third-order valence-electron chi connectivity index (χ3n) is 5.35. The lowest BCUT2D eigenvalue weighted by molar-refractivity contribution is -0.130. The van der Waals surface area contributed by atoms with Crippen molar-refractivity contribution in [2.45, 2.75) is 0 Å². The van der Waals surface area contributed by atoms with E-state index in [0.29, 0.717) is 18.8 Å². The lowest BCUT2D eigenvalue weighted by atomic mass is 10.2. The fraction of sp³-hybridized carbons (Fsp3) is 0.333. The summed E-state index contributed by atoms with van der Waals surface area (Å²) in [5, 5.41) is 4.77. The second-order valence-corrected chi connectivity index (χ2v) is 7.93. The van der Waals surface area contributed by atoms with Crippen LogP contribution in [0.2, 0.25) is 0 Å². The lowest BCUT2D eigenvalue weighted by Gasteiger charge is -2.36. The average Bonchev–Trinajstić information content (AvgIpc) is 3.35. The predicted molar refractivity (Wildman–Crippen MR) is 115 cm³/mol. The highest BCUT2D eigenvalue weighted by Gasteiger charge is 2.23. The van der Waals surface area contributed by atoms with Crippen LogP contribution >= 0.6 is 11.3 Å². The van der Waals surface area contributed by atoms with Gasteiger partial charge in [0.15, 0.2) is 0 Å². The molecular weight excluding hydrogens is 388 g/mol. The van der Waals surface area contributed by atoms with Crippen LogP contribution in [0.1, 0.15) is 10.5 Å². The molecule has 3 aromatic rings. The molecule has 1 fully saturated rings. The number of hydrogen-bond donors (Lipinski definition) is 1. The zero-order valence-corrected chi connectivity index (χ0v) is 17.4. The van der Waals surface area contributed by atoms with Crippen LogP contribution in [0.15, 0.2) is 41.8 Å². The number of nitrogens with one attached hydrogen (secondary N) is 1. The lowest BCUT2D eigenvalue weighted by Crippen LogP contribution is -2.51. The third kappa shape index (κ3) is 3.80. The van der Waals surface area contributed by atoms with Crippen molar-refractivity contribution >= 4 is 39.1 Å².